The molecule has 0 spiro atoms. The summed E-state index contributed by atoms with van der Waals surface area (Å²) in [4.78, 5) is 4.70. The first-order valence-corrected chi connectivity index (χ1v) is 25.0. The van der Waals surface area contributed by atoms with Gasteiger partial charge in [0.2, 0.25) is 0 Å². The van der Waals surface area contributed by atoms with Crippen LogP contribution in [0.5, 0.6) is 0 Å². The van der Waals surface area contributed by atoms with Crippen LogP contribution in [-0.4, -0.2) is 0 Å². The average Bonchev–Trinajstić information content (AvgIpc) is 4.25. The molecule has 17 rings (SSSR count). The van der Waals surface area contributed by atoms with Crippen LogP contribution in [0.15, 0.2) is 248 Å². The van der Waals surface area contributed by atoms with Crippen molar-refractivity contribution in [3.63, 3.8) is 0 Å². The second-order valence-corrected chi connectivity index (χ2v) is 19.5. The first-order valence-electron chi connectivity index (χ1n) is 25.0. The Morgan fingerprint density at radius 3 is 1.01 bits per heavy atom. The van der Waals surface area contributed by atoms with Gasteiger partial charge in [-0.15, -0.1) is 0 Å². The molecule has 1 aliphatic carbocycles. The van der Waals surface area contributed by atoms with E-state index in [-0.39, 0.29) is 0 Å². The Balaban J connectivity index is 0.835. The summed E-state index contributed by atoms with van der Waals surface area (Å²) < 4.78 is 26.5. The Bertz CT molecular complexity index is 4750. The number of anilines is 6. The molecule has 6 nitrogen and oxygen atoms in total. The molecule has 0 bridgehead atoms. The summed E-state index contributed by atoms with van der Waals surface area (Å²) in [5.74, 6) is 0. The minimum Gasteiger partial charge on any atom is -0.456 e. The van der Waals surface area contributed by atoms with E-state index in [2.05, 4.69) is 192 Å². The molecule has 344 valence electrons. The fourth-order valence-corrected chi connectivity index (χ4v) is 12.2. The molecule has 0 aliphatic heterocycles. The van der Waals surface area contributed by atoms with E-state index < -0.39 is 0 Å². The van der Waals surface area contributed by atoms with Crippen LogP contribution in [-0.2, 0) is 0 Å². The second kappa shape index (κ2) is 14.8. The van der Waals surface area contributed by atoms with E-state index >= 15 is 0 Å². The second-order valence-electron chi connectivity index (χ2n) is 19.5. The average molecular weight is 947 g/mol. The Morgan fingerprint density at radius 1 is 0.230 bits per heavy atom. The zero-order valence-electron chi connectivity index (χ0n) is 39.5. The van der Waals surface area contributed by atoms with Gasteiger partial charge in [-0.25, -0.2) is 0 Å². The Labute approximate surface area is 421 Å². The topological polar surface area (TPSA) is 59.0 Å². The van der Waals surface area contributed by atoms with Crippen LogP contribution in [0.25, 0.3) is 132 Å². The van der Waals surface area contributed by atoms with E-state index in [9.17, 15) is 0 Å². The summed E-state index contributed by atoms with van der Waals surface area (Å²) in [5, 5.41) is 13.2. The fraction of sp³-hybridized carbons (Fsp3) is 0. The summed E-state index contributed by atoms with van der Waals surface area (Å²) in [7, 11) is 0. The maximum Gasteiger partial charge on any atom is 0.159 e. The molecule has 0 radical (unpaired) electrons. The Kier molecular flexibility index (Phi) is 7.91. The van der Waals surface area contributed by atoms with Gasteiger partial charge in [-0.2, -0.15) is 0 Å². The molecular weight excluding hydrogens is 909 g/mol. The third-order valence-corrected chi connectivity index (χ3v) is 15.5. The van der Waals surface area contributed by atoms with Crippen molar-refractivity contribution >= 4 is 143 Å². The predicted octanol–water partition coefficient (Wildman–Crippen LogP) is 20.2. The highest BCUT2D eigenvalue weighted by molar-refractivity contribution is 6.19. The molecule has 0 N–H and O–H groups in total. The van der Waals surface area contributed by atoms with Gasteiger partial charge < -0.3 is 27.5 Å². The number of para-hydroxylation sites is 6. The highest BCUT2D eigenvalue weighted by atomic mass is 16.3. The van der Waals surface area contributed by atoms with Gasteiger partial charge in [0.25, 0.3) is 0 Å². The molecule has 12 aromatic carbocycles. The van der Waals surface area contributed by atoms with Crippen molar-refractivity contribution in [1.82, 2.24) is 0 Å². The third kappa shape index (κ3) is 5.53. The molecule has 4 aromatic heterocycles. The van der Waals surface area contributed by atoms with E-state index in [0.717, 1.165) is 133 Å². The van der Waals surface area contributed by atoms with Crippen LogP contribution in [0.3, 0.4) is 0 Å². The predicted molar refractivity (Wildman–Crippen MR) is 304 cm³/mol. The van der Waals surface area contributed by atoms with E-state index in [4.69, 9.17) is 17.7 Å². The largest absolute Gasteiger partial charge is 0.456 e. The number of rotatable bonds is 6. The van der Waals surface area contributed by atoms with Crippen LogP contribution in [0, 0.1) is 0 Å². The zero-order valence-corrected chi connectivity index (χ0v) is 39.5. The molecule has 6 heteroatoms. The quantitative estimate of drug-likeness (QED) is 0.166. The summed E-state index contributed by atoms with van der Waals surface area (Å²) in [6.07, 6.45) is 0. The van der Waals surface area contributed by atoms with Crippen molar-refractivity contribution in [1.29, 1.82) is 0 Å². The first kappa shape index (κ1) is 39.7. The fourth-order valence-electron chi connectivity index (χ4n) is 12.2. The summed E-state index contributed by atoms with van der Waals surface area (Å²) in [6, 6.07) is 81.9. The van der Waals surface area contributed by atoms with Crippen LogP contribution >= 0.6 is 0 Å². The molecule has 0 saturated heterocycles. The van der Waals surface area contributed by atoms with Crippen LogP contribution in [0.4, 0.5) is 34.1 Å². The molecular formula is C68H38N2O4. The van der Waals surface area contributed by atoms with Crippen LogP contribution in [0.2, 0.25) is 0 Å². The molecule has 0 atom stereocenters. The number of hydrogen-bond acceptors (Lipinski definition) is 6. The van der Waals surface area contributed by atoms with Gasteiger partial charge in [0, 0.05) is 43.7 Å². The highest BCUT2D eigenvalue weighted by Gasteiger charge is 2.28. The normalized spacial score (nSPS) is 12.3. The Morgan fingerprint density at radius 2 is 0.568 bits per heavy atom. The standard InChI is InChI=1S/C68H38N2O4/c1-5-23-59-45(13-1)47-17-9-21-57(67(47)73-59)69(55-19-11-27-63-65(55)49-15-3-7-25-61(49)71-63)43-31-29-39-35-51-52-36-40-30-32-44(34-42(40)38-54(52)53(51)37-41(39)33-43)70(56-20-12-28-64-66(56)50-16-4-8-26-62(50)72-64)58-22-10-18-48-46-14-2-6-24-60(46)74-68(48)58/h1-38H. The number of fused-ring (bicyclic) bond motifs is 18. The number of hydrogen-bond donors (Lipinski definition) is 0. The first-order chi connectivity index (χ1) is 36.7. The van der Waals surface area contributed by atoms with Crippen LogP contribution in [0.1, 0.15) is 0 Å². The molecule has 16 aromatic rings. The smallest absolute Gasteiger partial charge is 0.159 e. The van der Waals surface area contributed by atoms with Gasteiger partial charge in [-0.05, 0) is 153 Å². The van der Waals surface area contributed by atoms with Crippen molar-refractivity contribution in [2.75, 3.05) is 9.80 Å². The summed E-state index contributed by atoms with van der Waals surface area (Å²) in [6.45, 7) is 0. The van der Waals surface area contributed by atoms with Gasteiger partial charge in [0.1, 0.15) is 33.5 Å². The van der Waals surface area contributed by atoms with Crippen molar-refractivity contribution < 1.29 is 17.7 Å². The Hall–Kier alpha value is -10.0. The summed E-state index contributed by atoms with van der Waals surface area (Å²) in [5.41, 5.74) is 17.7. The van der Waals surface area contributed by atoms with Gasteiger partial charge in [0.05, 0.1) is 33.5 Å². The SMILES string of the molecule is c1ccc2c(c1)oc1c(N(c3ccc4cc5c(cc4c3)-c3cc4cc(N(c6cccc7c6oc6ccccc67)c6cccc7oc8ccccc8c67)ccc4cc3-5)c3cccc4oc5ccccc5c34)cccc12. The lowest BCUT2D eigenvalue weighted by Crippen LogP contribution is -2.11. The monoisotopic (exact) mass is 946 g/mol. The maximum atomic E-state index is 6.75. The van der Waals surface area contributed by atoms with E-state index in [1.165, 1.54) is 33.0 Å². The van der Waals surface area contributed by atoms with Crippen molar-refractivity contribution in [3.8, 4) is 22.3 Å². The number of nitrogens with zero attached hydrogens (tertiary/aromatic N) is 2. The van der Waals surface area contributed by atoms with Crippen molar-refractivity contribution in [3.05, 3.63) is 231 Å². The minimum absolute atomic E-state index is 0.832. The maximum absolute atomic E-state index is 6.75. The van der Waals surface area contributed by atoms with E-state index in [1.54, 1.807) is 0 Å². The van der Waals surface area contributed by atoms with Gasteiger partial charge in [0.15, 0.2) is 11.2 Å². The van der Waals surface area contributed by atoms with Crippen LogP contribution < -0.4 is 9.80 Å². The number of furan rings is 4. The molecule has 1 aliphatic rings. The summed E-state index contributed by atoms with van der Waals surface area (Å²) >= 11 is 0. The lowest BCUT2D eigenvalue weighted by Gasteiger charge is -2.29. The molecule has 0 amide bonds. The molecule has 0 unspecified atom stereocenters. The van der Waals surface area contributed by atoms with Crippen molar-refractivity contribution in [2.45, 2.75) is 0 Å². The van der Waals surface area contributed by atoms with E-state index in [0.29, 0.717) is 0 Å². The van der Waals surface area contributed by atoms with Gasteiger partial charge in [-0.3, -0.25) is 0 Å². The van der Waals surface area contributed by atoms with Gasteiger partial charge in [-0.1, -0.05) is 121 Å². The van der Waals surface area contributed by atoms with E-state index in [1.807, 2.05) is 48.5 Å². The molecule has 74 heavy (non-hydrogen) atoms. The van der Waals surface area contributed by atoms with Crippen molar-refractivity contribution in [2.24, 2.45) is 0 Å². The zero-order chi connectivity index (χ0) is 48.2. The lowest BCUT2D eigenvalue weighted by molar-refractivity contribution is 0.668. The molecule has 0 fully saturated rings. The number of benzene rings is 12. The molecule has 4 heterocycles. The molecule has 0 saturated carbocycles. The minimum atomic E-state index is 0.832. The highest BCUT2D eigenvalue weighted by Crippen LogP contribution is 2.53. The lowest BCUT2D eigenvalue weighted by atomic mass is 9.78. The van der Waals surface area contributed by atoms with Gasteiger partial charge >= 0.3 is 0 Å². The third-order valence-electron chi connectivity index (χ3n) is 15.5.